The first-order valence-electron chi connectivity index (χ1n) is 10.1. The highest BCUT2D eigenvalue weighted by Gasteiger charge is 2.31. The van der Waals surface area contributed by atoms with E-state index in [2.05, 4.69) is 39.0 Å². The fourth-order valence-corrected chi connectivity index (χ4v) is 3.54. The van der Waals surface area contributed by atoms with Gasteiger partial charge in [-0.05, 0) is 45.1 Å². The molecule has 3 heteroatoms. The molecular formula is C22H34O3. The van der Waals surface area contributed by atoms with Gasteiger partial charge in [-0.1, -0.05) is 51.3 Å². The van der Waals surface area contributed by atoms with Gasteiger partial charge in [0.1, 0.15) is 11.9 Å². The van der Waals surface area contributed by atoms with Crippen molar-refractivity contribution in [1.29, 1.82) is 0 Å². The number of ether oxygens (including phenoxy) is 2. The van der Waals surface area contributed by atoms with Crippen molar-refractivity contribution < 1.29 is 14.3 Å². The van der Waals surface area contributed by atoms with E-state index in [1.54, 1.807) is 0 Å². The minimum absolute atomic E-state index is 0.00967. The third-order valence-electron chi connectivity index (χ3n) is 5.19. The third kappa shape index (κ3) is 6.05. The lowest BCUT2D eigenvalue weighted by molar-refractivity contribution is -0.151. The molecule has 3 nitrogen and oxygen atoms in total. The zero-order valence-electron chi connectivity index (χ0n) is 16.1. The van der Waals surface area contributed by atoms with Gasteiger partial charge < -0.3 is 9.47 Å². The maximum absolute atomic E-state index is 12.2. The quantitative estimate of drug-likeness (QED) is 0.405. The molecule has 25 heavy (non-hydrogen) atoms. The number of carbonyl (C=O) groups excluding carboxylic acids is 1. The lowest BCUT2D eigenvalue weighted by Crippen LogP contribution is -2.29. The van der Waals surface area contributed by atoms with E-state index >= 15 is 0 Å². The van der Waals surface area contributed by atoms with E-state index in [0.29, 0.717) is 6.42 Å². The molecule has 1 aromatic carbocycles. The minimum atomic E-state index is -0.0364. The Labute approximate surface area is 153 Å². The summed E-state index contributed by atoms with van der Waals surface area (Å²) in [6.07, 6.45) is 9.20. The Kier molecular flexibility index (Phi) is 8.30. The first-order chi connectivity index (χ1) is 12.2. The van der Waals surface area contributed by atoms with Crippen molar-refractivity contribution in [3.63, 3.8) is 0 Å². The van der Waals surface area contributed by atoms with Crippen molar-refractivity contribution in [2.75, 3.05) is 0 Å². The van der Waals surface area contributed by atoms with E-state index in [9.17, 15) is 4.79 Å². The van der Waals surface area contributed by atoms with Gasteiger partial charge in [0.2, 0.25) is 0 Å². The first kappa shape index (κ1) is 19.8. The molecule has 1 aliphatic rings. The Morgan fingerprint density at radius 2 is 1.92 bits per heavy atom. The van der Waals surface area contributed by atoms with Gasteiger partial charge in [0, 0.05) is 17.9 Å². The van der Waals surface area contributed by atoms with E-state index in [1.165, 1.54) is 12.0 Å². The SMILES string of the molecule is CCCCCC(=O)OC1CCCCC1c1ccccc1OC(C)CC. The molecule has 0 spiro atoms. The Morgan fingerprint density at radius 3 is 2.68 bits per heavy atom. The predicted octanol–water partition coefficient (Wildman–Crippen LogP) is 6.01. The van der Waals surface area contributed by atoms with Gasteiger partial charge in [-0.3, -0.25) is 4.79 Å². The number of rotatable bonds is 9. The molecule has 1 saturated carbocycles. The number of carbonyl (C=O) groups is 1. The van der Waals surface area contributed by atoms with Crippen LogP contribution in [0.5, 0.6) is 5.75 Å². The average Bonchev–Trinajstić information content (AvgIpc) is 2.63. The Bertz CT molecular complexity index is 526. The summed E-state index contributed by atoms with van der Waals surface area (Å²) >= 11 is 0. The fourth-order valence-electron chi connectivity index (χ4n) is 3.54. The summed E-state index contributed by atoms with van der Waals surface area (Å²) in [4.78, 5) is 12.2. The van der Waals surface area contributed by atoms with Gasteiger partial charge >= 0.3 is 5.97 Å². The van der Waals surface area contributed by atoms with Crippen LogP contribution in [-0.4, -0.2) is 18.2 Å². The minimum Gasteiger partial charge on any atom is -0.490 e. The maximum atomic E-state index is 12.2. The molecule has 0 radical (unpaired) electrons. The second kappa shape index (κ2) is 10.5. The number of para-hydroxylation sites is 1. The van der Waals surface area contributed by atoms with Crippen molar-refractivity contribution in [2.24, 2.45) is 0 Å². The normalized spacial score (nSPS) is 21.6. The van der Waals surface area contributed by atoms with E-state index in [-0.39, 0.29) is 24.1 Å². The topological polar surface area (TPSA) is 35.5 Å². The molecule has 0 heterocycles. The Morgan fingerprint density at radius 1 is 1.16 bits per heavy atom. The molecule has 0 bridgehead atoms. The first-order valence-corrected chi connectivity index (χ1v) is 10.1. The number of unbranched alkanes of at least 4 members (excludes halogenated alkanes) is 2. The predicted molar refractivity (Wildman–Crippen MR) is 102 cm³/mol. The van der Waals surface area contributed by atoms with E-state index in [4.69, 9.17) is 9.47 Å². The summed E-state index contributed by atoms with van der Waals surface area (Å²) in [6, 6.07) is 8.28. The molecule has 0 N–H and O–H groups in total. The number of hydrogen-bond donors (Lipinski definition) is 0. The molecule has 1 aliphatic carbocycles. The molecule has 1 fully saturated rings. The van der Waals surface area contributed by atoms with Crippen LogP contribution in [0.25, 0.3) is 0 Å². The number of esters is 1. The standard InChI is InChI=1S/C22H34O3/c1-4-6-7-16-22(23)25-21-15-11-9-13-19(21)18-12-8-10-14-20(18)24-17(3)5-2/h8,10,12,14,17,19,21H,4-7,9,11,13,15-16H2,1-3H3. The van der Waals surface area contributed by atoms with Crippen LogP contribution in [0.15, 0.2) is 24.3 Å². The zero-order chi connectivity index (χ0) is 18.1. The van der Waals surface area contributed by atoms with Crippen LogP contribution < -0.4 is 4.74 Å². The monoisotopic (exact) mass is 346 g/mol. The van der Waals surface area contributed by atoms with Crippen LogP contribution in [-0.2, 0) is 9.53 Å². The largest absolute Gasteiger partial charge is 0.490 e. The van der Waals surface area contributed by atoms with E-state index < -0.39 is 0 Å². The Balaban J connectivity index is 2.08. The molecule has 1 aromatic rings. The van der Waals surface area contributed by atoms with Crippen molar-refractivity contribution in [3.8, 4) is 5.75 Å². The van der Waals surface area contributed by atoms with E-state index in [1.807, 2.05) is 6.07 Å². The van der Waals surface area contributed by atoms with Crippen LogP contribution >= 0.6 is 0 Å². The lowest BCUT2D eigenvalue weighted by Gasteiger charge is -2.33. The van der Waals surface area contributed by atoms with Crippen molar-refractivity contribution in [1.82, 2.24) is 0 Å². The molecule has 3 unspecified atom stereocenters. The van der Waals surface area contributed by atoms with Gasteiger partial charge in [0.15, 0.2) is 0 Å². The summed E-state index contributed by atoms with van der Waals surface area (Å²) < 4.78 is 12.0. The van der Waals surface area contributed by atoms with Crippen molar-refractivity contribution in [3.05, 3.63) is 29.8 Å². The van der Waals surface area contributed by atoms with Crippen LogP contribution in [0.1, 0.15) is 90.0 Å². The Hall–Kier alpha value is -1.51. The second-order valence-corrected chi connectivity index (χ2v) is 7.25. The smallest absolute Gasteiger partial charge is 0.306 e. The number of hydrogen-bond acceptors (Lipinski definition) is 3. The lowest BCUT2D eigenvalue weighted by atomic mass is 9.81. The van der Waals surface area contributed by atoms with E-state index in [0.717, 1.165) is 50.7 Å². The molecule has 0 aliphatic heterocycles. The highest BCUT2D eigenvalue weighted by atomic mass is 16.5. The summed E-state index contributed by atoms with van der Waals surface area (Å²) in [5.74, 6) is 1.17. The highest BCUT2D eigenvalue weighted by molar-refractivity contribution is 5.69. The molecule has 0 amide bonds. The summed E-state index contributed by atoms with van der Waals surface area (Å²) in [7, 11) is 0. The highest BCUT2D eigenvalue weighted by Crippen LogP contribution is 2.39. The van der Waals surface area contributed by atoms with Crippen LogP contribution in [0.2, 0.25) is 0 Å². The van der Waals surface area contributed by atoms with Gasteiger partial charge in [0.25, 0.3) is 0 Å². The van der Waals surface area contributed by atoms with Gasteiger partial charge in [0.05, 0.1) is 6.10 Å². The fraction of sp³-hybridized carbons (Fsp3) is 0.682. The third-order valence-corrected chi connectivity index (χ3v) is 5.19. The van der Waals surface area contributed by atoms with Gasteiger partial charge in [-0.25, -0.2) is 0 Å². The number of benzene rings is 1. The summed E-state index contributed by atoms with van der Waals surface area (Å²) in [5, 5.41) is 0. The zero-order valence-corrected chi connectivity index (χ0v) is 16.1. The second-order valence-electron chi connectivity index (χ2n) is 7.25. The molecule has 0 saturated heterocycles. The van der Waals surface area contributed by atoms with Crippen molar-refractivity contribution >= 4 is 5.97 Å². The maximum Gasteiger partial charge on any atom is 0.306 e. The van der Waals surface area contributed by atoms with Gasteiger partial charge in [-0.2, -0.15) is 0 Å². The van der Waals surface area contributed by atoms with Gasteiger partial charge in [-0.15, -0.1) is 0 Å². The van der Waals surface area contributed by atoms with Crippen LogP contribution in [0.3, 0.4) is 0 Å². The molecular weight excluding hydrogens is 312 g/mol. The molecule has 3 atom stereocenters. The van der Waals surface area contributed by atoms with Crippen molar-refractivity contribution in [2.45, 2.75) is 96.7 Å². The molecule has 2 rings (SSSR count). The van der Waals surface area contributed by atoms with Crippen LogP contribution in [0.4, 0.5) is 0 Å². The summed E-state index contributed by atoms with van der Waals surface area (Å²) in [5.41, 5.74) is 1.20. The molecule has 0 aromatic heterocycles. The average molecular weight is 347 g/mol. The molecule has 140 valence electrons. The van der Waals surface area contributed by atoms with Crippen LogP contribution in [0, 0.1) is 0 Å². The summed E-state index contributed by atoms with van der Waals surface area (Å²) in [6.45, 7) is 6.38.